The van der Waals surface area contributed by atoms with Crippen molar-refractivity contribution in [3.05, 3.63) is 30.1 Å². The molecule has 0 amide bonds. The Hall–Kier alpha value is -0.543. The van der Waals surface area contributed by atoms with Crippen molar-refractivity contribution >= 4 is 10.4 Å². The Morgan fingerprint density at radius 3 is 2.15 bits per heavy atom. The van der Waals surface area contributed by atoms with E-state index < -0.39 is 16.2 Å². The van der Waals surface area contributed by atoms with Crippen LogP contribution in [0.25, 0.3) is 0 Å². The molecule has 0 heterocycles. The second kappa shape index (κ2) is 4.63. The van der Waals surface area contributed by atoms with Gasteiger partial charge in [-0.3, -0.25) is 4.55 Å². The van der Waals surface area contributed by atoms with Gasteiger partial charge in [0.05, 0.1) is 0 Å². The maximum absolute atomic E-state index is 12.3. The molecule has 0 aromatic heterocycles. The monoisotopic (exact) mass is 200 g/mol. The molecule has 0 saturated heterocycles. The Balaban J connectivity index is 0. The van der Waals surface area contributed by atoms with Crippen LogP contribution in [-0.4, -0.2) is 13.0 Å². The van der Waals surface area contributed by atoms with Crippen LogP contribution in [0.4, 0.5) is 4.39 Å². The van der Waals surface area contributed by atoms with Gasteiger partial charge >= 0.3 is 29.3 Å². The van der Waals surface area contributed by atoms with Crippen LogP contribution >= 0.6 is 0 Å². The van der Waals surface area contributed by atoms with Crippen molar-refractivity contribution in [3.63, 3.8) is 0 Å². The van der Waals surface area contributed by atoms with Crippen LogP contribution in [0.5, 0.6) is 5.75 Å². The van der Waals surface area contributed by atoms with Gasteiger partial charge in [-0.2, -0.15) is 8.42 Å². The molecular formula is C6H6FLiO4S. The van der Waals surface area contributed by atoms with Gasteiger partial charge in [-0.15, -0.1) is 0 Å². The molecule has 0 spiro atoms. The largest absolute Gasteiger partial charge is 1.00 e. The van der Waals surface area contributed by atoms with E-state index in [1.807, 2.05) is 0 Å². The predicted molar refractivity (Wildman–Crippen MR) is 39.7 cm³/mol. The summed E-state index contributed by atoms with van der Waals surface area (Å²) in [5.74, 6) is -0.656. The van der Waals surface area contributed by atoms with Gasteiger partial charge in [0, 0.05) is 0 Å². The topological polar surface area (TPSA) is 63.6 Å². The van der Waals surface area contributed by atoms with E-state index in [1.165, 1.54) is 0 Å². The Bertz CT molecular complexity index is 366. The zero-order chi connectivity index (χ0) is 9.19. The first-order valence-electron chi connectivity index (χ1n) is 2.90. The van der Waals surface area contributed by atoms with E-state index in [-0.39, 0.29) is 26.0 Å². The Morgan fingerprint density at radius 2 is 1.77 bits per heavy atom. The molecule has 0 aliphatic carbocycles. The van der Waals surface area contributed by atoms with Crippen LogP contribution in [0.2, 0.25) is 0 Å². The molecule has 1 N–H and O–H groups in total. The third-order valence-corrected chi connectivity index (χ3v) is 1.42. The summed E-state index contributed by atoms with van der Waals surface area (Å²) < 4.78 is 44.7. The molecule has 7 heteroatoms. The molecule has 0 fully saturated rings. The van der Waals surface area contributed by atoms with Gasteiger partial charge in [0.1, 0.15) is 11.6 Å². The molecule has 0 aliphatic heterocycles. The van der Waals surface area contributed by atoms with Crippen molar-refractivity contribution in [1.29, 1.82) is 0 Å². The number of hydrogen-bond donors (Lipinski definition) is 1. The van der Waals surface area contributed by atoms with Crippen LogP contribution in [0.3, 0.4) is 0 Å². The van der Waals surface area contributed by atoms with Gasteiger partial charge in [-0.1, -0.05) is 0 Å². The summed E-state index contributed by atoms with van der Waals surface area (Å²) in [6.07, 6.45) is 0. The van der Waals surface area contributed by atoms with E-state index in [1.54, 1.807) is 0 Å². The van der Waals surface area contributed by atoms with Gasteiger partial charge in [0.15, 0.2) is 0 Å². The molecular weight excluding hydrogens is 194 g/mol. The second-order valence-corrected chi connectivity index (χ2v) is 2.99. The number of rotatable bonds is 2. The molecule has 1 rings (SSSR count). The Morgan fingerprint density at radius 1 is 1.31 bits per heavy atom. The van der Waals surface area contributed by atoms with Crippen molar-refractivity contribution in [2.75, 3.05) is 0 Å². The first-order valence-corrected chi connectivity index (χ1v) is 4.26. The Kier molecular flexibility index (Phi) is 4.43. The van der Waals surface area contributed by atoms with Gasteiger partial charge in [-0.05, 0) is 24.3 Å². The van der Waals surface area contributed by atoms with Crippen molar-refractivity contribution in [1.82, 2.24) is 0 Å². The quantitative estimate of drug-likeness (QED) is 0.448. The summed E-state index contributed by atoms with van der Waals surface area (Å²) in [7, 11) is -4.51. The van der Waals surface area contributed by atoms with Gasteiger partial charge < -0.3 is 5.61 Å². The van der Waals surface area contributed by atoms with Crippen LogP contribution < -0.4 is 23.0 Å². The molecule has 1 aromatic carbocycles. The van der Waals surface area contributed by atoms with E-state index >= 15 is 0 Å². The average molecular weight is 200 g/mol. The van der Waals surface area contributed by atoms with Gasteiger partial charge in [-0.25, -0.2) is 4.39 Å². The third kappa shape index (κ3) is 4.90. The molecule has 1 aromatic rings. The molecule has 0 radical (unpaired) electrons. The minimum atomic E-state index is -4.51. The van der Waals surface area contributed by atoms with E-state index in [0.29, 0.717) is 0 Å². The SMILES string of the molecule is O=S(=O)(O)Oc1ccc(F)cc1.[H-].[Li+]. The standard InChI is InChI=1S/C6H5FO4S.Li.H/c7-5-1-3-6(4-2-5)11-12(8,9)10;;/h1-4H,(H,8,9,10);;/q;+1;-1. The summed E-state index contributed by atoms with van der Waals surface area (Å²) in [6, 6.07) is 4.20. The summed E-state index contributed by atoms with van der Waals surface area (Å²) in [5.41, 5.74) is 0. The number of benzene rings is 1. The number of halogens is 1. The molecule has 0 atom stereocenters. The maximum Gasteiger partial charge on any atom is 1.00 e. The van der Waals surface area contributed by atoms with E-state index in [0.717, 1.165) is 24.3 Å². The van der Waals surface area contributed by atoms with Crippen LogP contribution in [0.1, 0.15) is 1.43 Å². The molecule has 0 bridgehead atoms. The molecule has 68 valence electrons. The zero-order valence-corrected chi connectivity index (χ0v) is 7.58. The maximum atomic E-state index is 12.3. The predicted octanol–water partition coefficient (Wildman–Crippen LogP) is -1.88. The van der Waals surface area contributed by atoms with Gasteiger partial charge in [0.2, 0.25) is 0 Å². The van der Waals surface area contributed by atoms with Crippen LogP contribution in [0, 0.1) is 5.82 Å². The first kappa shape index (κ1) is 12.5. The molecule has 0 aliphatic rings. The molecule has 4 nitrogen and oxygen atoms in total. The van der Waals surface area contributed by atoms with E-state index in [2.05, 4.69) is 4.18 Å². The van der Waals surface area contributed by atoms with E-state index in [4.69, 9.17) is 4.55 Å². The summed E-state index contributed by atoms with van der Waals surface area (Å²) in [5, 5.41) is 0. The summed E-state index contributed by atoms with van der Waals surface area (Å²) in [6.45, 7) is 0. The smallest absolute Gasteiger partial charge is 1.00 e. The minimum absolute atomic E-state index is 0. The minimum Gasteiger partial charge on any atom is -1.00 e. The zero-order valence-electron chi connectivity index (χ0n) is 7.77. The molecule has 13 heavy (non-hydrogen) atoms. The van der Waals surface area contributed by atoms with Gasteiger partial charge in [0.25, 0.3) is 0 Å². The number of hydrogen-bond acceptors (Lipinski definition) is 3. The van der Waals surface area contributed by atoms with Crippen molar-refractivity contribution in [3.8, 4) is 5.75 Å². The van der Waals surface area contributed by atoms with Crippen molar-refractivity contribution in [2.45, 2.75) is 0 Å². The van der Waals surface area contributed by atoms with Crippen LogP contribution in [-0.2, 0) is 10.4 Å². The molecule has 0 unspecified atom stereocenters. The van der Waals surface area contributed by atoms with Crippen molar-refractivity contribution in [2.24, 2.45) is 0 Å². The normalized spacial score (nSPS) is 10.3. The first-order chi connectivity index (χ1) is 5.47. The third-order valence-electron chi connectivity index (χ3n) is 1.02. The second-order valence-electron chi connectivity index (χ2n) is 1.96. The average Bonchev–Trinajstić information content (AvgIpc) is 1.91. The van der Waals surface area contributed by atoms with Crippen LogP contribution in [0.15, 0.2) is 24.3 Å². The molecule has 0 saturated carbocycles. The fraction of sp³-hybridized carbons (Fsp3) is 0. The van der Waals surface area contributed by atoms with E-state index in [9.17, 15) is 12.8 Å². The Labute approximate surface area is 88.3 Å². The summed E-state index contributed by atoms with van der Waals surface area (Å²) in [4.78, 5) is 0. The fourth-order valence-corrected chi connectivity index (χ4v) is 0.966. The summed E-state index contributed by atoms with van der Waals surface area (Å²) >= 11 is 0. The fourth-order valence-electron chi connectivity index (χ4n) is 0.612. The van der Waals surface area contributed by atoms with Crippen molar-refractivity contribution < 1.29 is 41.8 Å².